The third-order valence-corrected chi connectivity index (χ3v) is 13.0. The lowest BCUT2D eigenvalue weighted by molar-refractivity contribution is -0.134. The van der Waals surface area contributed by atoms with E-state index in [-0.39, 0.29) is 51.5 Å². The van der Waals surface area contributed by atoms with Crippen molar-refractivity contribution in [2.24, 2.45) is 33.5 Å². The zero-order valence-corrected chi connectivity index (χ0v) is 26.5. The summed E-state index contributed by atoms with van der Waals surface area (Å²) >= 11 is 0. The average Bonchev–Trinajstić information content (AvgIpc) is 3.32. The molecule has 5 N–H and O–H groups in total. The molecule has 9 nitrogen and oxygen atoms in total. The minimum atomic E-state index is -2.18. The van der Waals surface area contributed by atoms with Gasteiger partial charge in [0.2, 0.25) is 11.6 Å². The molecule has 46 heavy (non-hydrogen) atoms. The second-order valence-electron chi connectivity index (χ2n) is 15.3. The van der Waals surface area contributed by atoms with Crippen LogP contribution in [-0.2, 0) is 9.59 Å². The first kappa shape index (κ1) is 31.0. The van der Waals surface area contributed by atoms with E-state index >= 15 is 0 Å². The Bertz CT molecular complexity index is 1790. The highest BCUT2D eigenvalue weighted by Gasteiger charge is 2.75. The molecule has 242 valence electrons. The third kappa shape index (κ3) is 3.41. The second kappa shape index (κ2) is 9.46. The Hall–Kier alpha value is -3.66. The van der Waals surface area contributed by atoms with Gasteiger partial charge in [-0.25, -0.2) is 0 Å². The van der Waals surface area contributed by atoms with Crippen LogP contribution in [-0.4, -0.2) is 67.0 Å². The van der Waals surface area contributed by atoms with E-state index in [2.05, 4.69) is 13.5 Å². The molecule has 0 heterocycles. The number of carbonyl (C=O) groups is 4. The molecule has 6 aliphatic rings. The first-order valence-corrected chi connectivity index (χ1v) is 16.1. The smallest absolute Gasteiger partial charge is 0.232 e. The molecule has 8 atom stereocenters. The van der Waals surface area contributed by atoms with E-state index < -0.39 is 75.6 Å². The number of aliphatic hydroxyl groups is 4. The molecule has 6 aliphatic carbocycles. The Labute approximate surface area is 267 Å². The number of rotatable bonds is 2. The number of phenolic OH excluding ortho intramolecular Hbond substituents is 1. The normalized spacial score (nSPS) is 39.6. The highest BCUT2D eigenvalue weighted by Crippen LogP contribution is 2.69. The highest BCUT2D eigenvalue weighted by molar-refractivity contribution is 6.52. The third-order valence-electron chi connectivity index (χ3n) is 13.0. The van der Waals surface area contributed by atoms with Gasteiger partial charge in [-0.3, -0.25) is 19.2 Å². The SMILES string of the molecule is C=C1CC[C@H]2C(C)(C)[C@H](O)CC[C@]2(C)[C@H]1CC1=C(O)C2=C(C(=O)C1=O)[C@@]13C=C[C@@H](O)[C@H](O)[C@]1(C2)C(=O)c1c(O)cc(C)cc1C3=O. The van der Waals surface area contributed by atoms with Crippen LogP contribution in [0.3, 0.4) is 0 Å². The average molecular weight is 629 g/mol. The van der Waals surface area contributed by atoms with Gasteiger partial charge in [0.05, 0.1) is 34.7 Å². The van der Waals surface area contributed by atoms with Gasteiger partial charge < -0.3 is 25.5 Å². The van der Waals surface area contributed by atoms with Crippen molar-refractivity contribution < 1.29 is 44.7 Å². The Balaban J connectivity index is 1.41. The summed E-state index contributed by atoms with van der Waals surface area (Å²) in [4.78, 5) is 57.4. The number of benzene rings is 1. The fourth-order valence-electron chi connectivity index (χ4n) is 10.6. The maximum Gasteiger partial charge on any atom is 0.232 e. The molecule has 0 aromatic heterocycles. The number of aryl methyl sites for hydroxylation is 1. The van der Waals surface area contributed by atoms with E-state index in [1.165, 1.54) is 18.2 Å². The van der Waals surface area contributed by atoms with E-state index in [0.29, 0.717) is 24.8 Å². The number of aliphatic hydroxyl groups excluding tert-OH is 4. The van der Waals surface area contributed by atoms with Crippen LogP contribution in [0.2, 0.25) is 0 Å². The molecular formula is C37H40O9. The molecule has 0 amide bonds. The largest absolute Gasteiger partial charge is 0.507 e. The summed E-state index contributed by atoms with van der Waals surface area (Å²) in [6.07, 6.45) is 0.618. The van der Waals surface area contributed by atoms with Crippen LogP contribution >= 0.6 is 0 Å². The van der Waals surface area contributed by atoms with Crippen LogP contribution in [0.5, 0.6) is 5.75 Å². The van der Waals surface area contributed by atoms with Crippen LogP contribution in [0.4, 0.5) is 0 Å². The van der Waals surface area contributed by atoms with Crippen molar-refractivity contribution in [3.05, 3.63) is 75.6 Å². The fraction of sp³-hybridized carbons (Fsp3) is 0.514. The molecule has 0 saturated heterocycles. The standard InChI is InChI=1S/C37H40O9/c1-16-12-18-26(23(39)13-16)33(46)37-15-20-27(36(37,31(18)44)11-8-22(38)32(37)45)30(43)29(42)19(28(20)41)14-21-17(2)6-7-24-34(3,4)25(40)9-10-35(21,24)5/h8,11-13,21-22,24-25,32,38-41,45H,2,6-7,9-10,14-15H2,1,3-5H3/t21-,22+,24-,25+,32-,35+,36+,37+/m0/s1. The quantitative estimate of drug-likeness (QED) is 0.183. The Morgan fingerprint density at radius 3 is 2.35 bits per heavy atom. The van der Waals surface area contributed by atoms with Gasteiger partial charge >= 0.3 is 0 Å². The Morgan fingerprint density at radius 1 is 0.957 bits per heavy atom. The minimum Gasteiger partial charge on any atom is -0.507 e. The van der Waals surface area contributed by atoms with Crippen molar-refractivity contribution in [3.8, 4) is 5.75 Å². The van der Waals surface area contributed by atoms with Crippen LogP contribution in [0.15, 0.2) is 58.9 Å². The van der Waals surface area contributed by atoms with E-state index in [1.807, 2.05) is 13.8 Å². The number of hydrogen-bond donors (Lipinski definition) is 5. The number of Topliss-reactive ketones (excluding diaryl/α,β-unsaturated/α-hetero) is 4. The van der Waals surface area contributed by atoms with Gasteiger partial charge in [-0.15, -0.1) is 0 Å². The van der Waals surface area contributed by atoms with E-state index in [0.717, 1.165) is 18.1 Å². The van der Waals surface area contributed by atoms with Crippen molar-refractivity contribution in [2.75, 3.05) is 0 Å². The summed E-state index contributed by atoms with van der Waals surface area (Å²) in [5, 5.41) is 56.0. The molecule has 2 fully saturated rings. The highest BCUT2D eigenvalue weighted by atomic mass is 16.3. The molecule has 0 bridgehead atoms. The number of carbonyl (C=O) groups excluding carboxylic acids is 4. The zero-order valence-electron chi connectivity index (χ0n) is 26.5. The monoisotopic (exact) mass is 628 g/mol. The summed E-state index contributed by atoms with van der Waals surface area (Å²) in [6, 6.07) is 2.74. The van der Waals surface area contributed by atoms with E-state index in [1.54, 1.807) is 6.92 Å². The number of hydrogen-bond acceptors (Lipinski definition) is 9. The summed E-state index contributed by atoms with van der Waals surface area (Å²) in [5.74, 6) is -4.82. The van der Waals surface area contributed by atoms with Gasteiger partial charge in [0.25, 0.3) is 0 Å². The summed E-state index contributed by atoms with van der Waals surface area (Å²) in [7, 11) is 0. The first-order valence-electron chi connectivity index (χ1n) is 16.1. The molecule has 0 aliphatic heterocycles. The molecule has 1 aromatic rings. The van der Waals surface area contributed by atoms with Crippen molar-refractivity contribution in [1.29, 1.82) is 0 Å². The van der Waals surface area contributed by atoms with Crippen molar-refractivity contribution in [2.45, 2.75) is 84.5 Å². The van der Waals surface area contributed by atoms with Gasteiger partial charge in [-0.05, 0) is 85.8 Å². The number of fused-ring (bicyclic) bond motifs is 2. The van der Waals surface area contributed by atoms with E-state index in [9.17, 15) is 44.7 Å². The van der Waals surface area contributed by atoms with Gasteiger partial charge in [-0.2, -0.15) is 0 Å². The summed E-state index contributed by atoms with van der Waals surface area (Å²) < 4.78 is 0. The molecule has 9 heteroatoms. The topological polar surface area (TPSA) is 169 Å². The lowest BCUT2D eigenvalue weighted by atomic mass is 9.46. The molecule has 1 aromatic carbocycles. The molecule has 0 unspecified atom stereocenters. The van der Waals surface area contributed by atoms with Crippen LogP contribution < -0.4 is 0 Å². The number of aromatic hydroxyl groups is 1. The fourth-order valence-corrected chi connectivity index (χ4v) is 10.6. The maximum atomic E-state index is 14.6. The number of phenols is 1. The predicted octanol–water partition coefficient (Wildman–Crippen LogP) is 4.17. The van der Waals surface area contributed by atoms with Gasteiger partial charge in [-0.1, -0.05) is 45.1 Å². The summed E-state index contributed by atoms with van der Waals surface area (Å²) in [5.41, 5.74) is -4.82. The van der Waals surface area contributed by atoms with Crippen LogP contribution in [0, 0.1) is 40.4 Å². The van der Waals surface area contributed by atoms with Crippen LogP contribution in [0.1, 0.15) is 85.6 Å². The van der Waals surface area contributed by atoms with Gasteiger partial charge in [0, 0.05) is 22.3 Å². The van der Waals surface area contributed by atoms with E-state index in [4.69, 9.17) is 0 Å². The van der Waals surface area contributed by atoms with Crippen molar-refractivity contribution >= 4 is 23.1 Å². The first-order chi connectivity index (χ1) is 21.5. The molecular weight excluding hydrogens is 588 g/mol. The number of ketones is 4. The summed E-state index contributed by atoms with van der Waals surface area (Å²) in [6.45, 7) is 12.2. The lowest BCUT2D eigenvalue weighted by Crippen LogP contribution is -2.64. The Morgan fingerprint density at radius 2 is 1.65 bits per heavy atom. The molecule has 7 rings (SSSR count). The molecule has 0 radical (unpaired) electrons. The second-order valence-corrected chi connectivity index (χ2v) is 15.3. The maximum absolute atomic E-state index is 14.6. The Kier molecular flexibility index (Phi) is 6.37. The van der Waals surface area contributed by atoms with Crippen molar-refractivity contribution in [3.63, 3.8) is 0 Å². The molecule has 2 saturated carbocycles. The predicted molar refractivity (Wildman–Crippen MR) is 166 cm³/mol. The van der Waals surface area contributed by atoms with Crippen molar-refractivity contribution in [1.82, 2.24) is 0 Å². The zero-order chi connectivity index (χ0) is 33.5. The number of allylic oxidation sites excluding steroid dienone is 5. The van der Waals surface area contributed by atoms with Crippen LogP contribution in [0.25, 0.3) is 0 Å². The minimum absolute atomic E-state index is 0.00825. The van der Waals surface area contributed by atoms with Gasteiger partial charge in [0.1, 0.15) is 11.5 Å². The molecule has 0 spiro atoms. The lowest BCUT2D eigenvalue weighted by Gasteiger charge is -2.59. The van der Waals surface area contributed by atoms with Gasteiger partial charge in [0.15, 0.2) is 11.6 Å².